The van der Waals surface area contributed by atoms with Gasteiger partial charge in [-0.2, -0.15) is 5.26 Å². The average Bonchev–Trinajstić information content (AvgIpc) is 2.46. The molecule has 1 aromatic carbocycles. The maximum absolute atomic E-state index is 10.9. The Kier molecular flexibility index (Phi) is 4.72. The lowest BCUT2D eigenvalue weighted by Gasteiger charge is -2.17. The second kappa shape index (κ2) is 6.71. The molecule has 0 radical (unpaired) electrons. The summed E-state index contributed by atoms with van der Waals surface area (Å²) in [5.41, 5.74) is 1.26. The number of pyridine rings is 1. The molecule has 0 amide bonds. The van der Waals surface area contributed by atoms with E-state index in [0.717, 1.165) is 23.7 Å². The summed E-state index contributed by atoms with van der Waals surface area (Å²) in [6.45, 7) is 2.01. The van der Waals surface area contributed by atoms with E-state index >= 15 is 0 Å². The first kappa shape index (κ1) is 14.8. The summed E-state index contributed by atoms with van der Waals surface area (Å²) in [6, 6.07) is 11.1. The Bertz CT molecular complexity index is 691. The van der Waals surface area contributed by atoms with E-state index in [0.29, 0.717) is 11.4 Å². The summed E-state index contributed by atoms with van der Waals surface area (Å²) in [7, 11) is 0. The maximum atomic E-state index is 10.9. The first-order chi connectivity index (χ1) is 10.1. The van der Waals surface area contributed by atoms with Crippen LogP contribution in [0.15, 0.2) is 30.3 Å². The van der Waals surface area contributed by atoms with Crippen LogP contribution in [-0.2, 0) is 4.79 Å². The van der Waals surface area contributed by atoms with Crippen molar-refractivity contribution < 1.29 is 9.90 Å². The van der Waals surface area contributed by atoms with Crippen LogP contribution < -0.4 is 5.32 Å². The van der Waals surface area contributed by atoms with Crippen molar-refractivity contribution in [3.05, 3.63) is 35.9 Å². The van der Waals surface area contributed by atoms with Gasteiger partial charge in [-0.15, -0.1) is 0 Å². The highest BCUT2D eigenvalue weighted by atomic mass is 16.4. The first-order valence-electron chi connectivity index (χ1n) is 6.92. The molecule has 0 aliphatic carbocycles. The van der Waals surface area contributed by atoms with E-state index in [-0.39, 0.29) is 12.5 Å². The van der Waals surface area contributed by atoms with Crippen LogP contribution in [0.2, 0.25) is 0 Å². The second-order valence-corrected chi connectivity index (χ2v) is 4.91. The molecule has 21 heavy (non-hydrogen) atoms. The van der Waals surface area contributed by atoms with Crippen molar-refractivity contribution in [3.63, 3.8) is 0 Å². The van der Waals surface area contributed by atoms with Gasteiger partial charge < -0.3 is 10.4 Å². The normalized spacial score (nSPS) is 11.8. The third kappa shape index (κ3) is 3.69. The summed E-state index contributed by atoms with van der Waals surface area (Å²) < 4.78 is 0. The summed E-state index contributed by atoms with van der Waals surface area (Å²) in [5, 5.41) is 22.1. The third-order valence-electron chi connectivity index (χ3n) is 3.25. The Morgan fingerprint density at radius 1 is 1.48 bits per heavy atom. The monoisotopic (exact) mass is 283 g/mol. The number of aliphatic carboxylic acids is 1. The average molecular weight is 283 g/mol. The van der Waals surface area contributed by atoms with E-state index in [2.05, 4.69) is 16.4 Å². The number of hydrogen-bond donors (Lipinski definition) is 2. The van der Waals surface area contributed by atoms with Gasteiger partial charge in [-0.3, -0.25) is 4.79 Å². The van der Waals surface area contributed by atoms with Gasteiger partial charge in [0.1, 0.15) is 5.82 Å². The molecule has 108 valence electrons. The number of para-hydroxylation sites is 1. The Morgan fingerprint density at radius 2 is 2.24 bits per heavy atom. The molecule has 5 nitrogen and oxygen atoms in total. The molecule has 0 spiro atoms. The number of carboxylic acids is 1. The number of anilines is 1. The van der Waals surface area contributed by atoms with Crippen molar-refractivity contribution in [2.24, 2.45) is 0 Å². The number of benzene rings is 1. The van der Waals surface area contributed by atoms with Crippen LogP contribution in [0, 0.1) is 11.3 Å². The summed E-state index contributed by atoms with van der Waals surface area (Å²) in [6.07, 6.45) is 1.65. The zero-order chi connectivity index (χ0) is 15.2. The number of hydrogen-bond acceptors (Lipinski definition) is 4. The van der Waals surface area contributed by atoms with Gasteiger partial charge in [-0.1, -0.05) is 31.5 Å². The highest BCUT2D eigenvalue weighted by Gasteiger charge is 2.14. The molecule has 2 rings (SSSR count). The van der Waals surface area contributed by atoms with Gasteiger partial charge in [-0.25, -0.2) is 4.98 Å². The molecule has 0 fully saturated rings. The van der Waals surface area contributed by atoms with E-state index in [9.17, 15) is 10.1 Å². The summed E-state index contributed by atoms with van der Waals surface area (Å²) in [5.74, 6) is -0.299. The topological polar surface area (TPSA) is 86.0 Å². The molecule has 0 aliphatic rings. The minimum absolute atomic E-state index is 0.0320. The zero-order valence-electron chi connectivity index (χ0n) is 11.8. The number of rotatable bonds is 6. The quantitative estimate of drug-likeness (QED) is 0.850. The molecule has 1 unspecified atom stereocenters. The van der Waals surface area contributed by atoms with Gasteiger partial charge in [-0.05, 0) is 18.6 Å². The predicted octanol–water partition coefficient (Wildman–Crippen LogP) is 3.16. The van der Waals surface area contributed by atoms with Crippen LogP contribution >= 0.6 is 0 Å². The van der Waals surface area contributed by atoms with Crippen molar-refractivity contribution in [2.75, 3.05) is 5.32 Å². The molecule has 1 aromatic heterocycles. The third-order valence-corrected chi connectivity index (χ3v) is 3.25. The summed E-state index contributed by atoms with van der Waals surface area (Å²) in [4.78, 5) is 15.4. The fourth-order valence-electron chi connectivity index (χ4n) is 2.34. The fraction of sp³-hybridized carbons (Fsp3) is 0.312. The molecule has 0 bridgehead atoms. The van der Waals surface area contributed by atoms with Crippen LogP contribution in [0.25, 0.3) is 10.9 Å². The lowest BCUT2D eigenvalue weighted by molar-refractivity contribution is -0.137. The van der Waals surface area contributed by atoms with Crippen LogP contribution in [0.5, 0.6) is 0 Å². The molecular weight excluding hydrogens is 266 g/mol. The van der Waals surface area contributed by atoms with Crippen molar-refractivity contribution in [1.29, 1.82) is 5.26 Å². The first-order valence-corrected chi connectivity index (χ1v) is 6.92. The van der Waals surface area contributed by atoms with Crippen LogP contribution in [-0.4, -0.2) is 22.1 Å². The standard InChI is InChI=1S/C16H17N3O2/c1-2-5-12(9-16(20)21)18-15-8-11(10-17)13-6-3-4-7-14(13)19-15/h3-4,6-8,12H,2,5,9H2,1H3,(H,18,19)(H,20,21). The highest BCUT2D eigenvalue weighted by molar-refractivity contribution is 5.86. The minimum atomic E-state index is -0.845. The van der Waals surface area contributed by atoms with Crippen molar-refractivity contribution in [2.45, 2.75) is 32.2 Å². The van der Waals surface area contributed by atoms with E-state index in [1.165, 1.54) is 0 Å². The van der Waals surface area contributed by atoms with Gasteiger partial charge in [0.15, 0.2) is 0 Å². The van der Waals surface area contributed by atoms with E-state index < -0.39 is 5.97 Å². The predicted molar refractivity (Wildman–Crippen MR) is 81.0 cm³/mol. The van der Waals surface area contributed by atoms with Crippen LogP contribution in [0.1, 0.15) is 31.7 Å². The molecule has 0 saturated carbocycles. The lowest BCUT2D eigenvalue weighted by atomic mass is 10.1. The number of nitrogens with zero attached hydrogens (tertiary/aromatic N) is 2. The number of nitrogens with one attached hydrogen (secondary N) is 1. The van der Waals surface area contributed by atoms with Gasteiger partial charge in [0.05, 0.1) is 23.6 Å². The fourth-order valence-corrected chi connectivity index (χ4v) is 2.34. The van der Waals surface area contributed by atoms with Gasteiger partial charge in [0.25, 0.3) is 0 Å². The van der Waals surface area contributed by atoms with Crippen molar-refractivity contribution in [1.82, 2.24) is 4.98 Å². The second-order valence-electron chi connectivity index (χ2n) is 4.91. The Balaban J connectivity index is 2.33. The Hall–Kier alpha value is -2.61. The molecule has 1 atom stereocenters. The van der Waals surface area contributed by atoms with Crippen LogP contribution in [0.4, 0.5) is 5.82 Å². The Labute approximate surface area is 123 Å². The molecule has 2 aromatic rings. The number of carboxylic acid groups (broad SMARTS) is 1. The molecule has 5 heteroatoms. The number of carbonyl (C=O) groups is 1. The Morgan fingerprint density at radius 3 is 2.90 bits per heavy atom. The van der Waals surface area contributed by atoms with Crippen molar-refractivity contribution in [3.8, 4) is 6.07 Å². The van der Waals surface area contributed by atoms with E-state index in [4.69, 9.17) is 5.11 Å². The maximum Gasteiger partial charge on any atom is 0.305 e. The largest absolute Gasteiger partial charge is 0.481 e. The van der Waals surface area contributed by atoms with Crippen molar-refractivity contribution >= 4 is 22.7 Å². The molecular formula is C16H17N3O2. The van der Waals surface area contributed by atoms with E-state index in [1.54, 1.807) is 6.07 Å². The molecule has 0 saturated heterocycles. The van der Waals surface area contributed by atoms with E-state index in [1.807, 2.05) is 31.2 Å². The molecule has 1 heterocycles. The SMILES string of the molecule is CCCC(CC(=O)O)Nc1cc(C#N)c2ccccc2n1. The molecule has 0 aliphatic heterocycles. The minimum Gasteiger partial charge on any atom is -0.481 e. The zero-order valence-corrected chi connectivity index (χ0v) is 11.8. The highest BCUT2D eigenvalue weighted by Crippen LogP contribution is 2.21. The van der Waals surface area contributed by atoms with Gasteiger partial charge >= 0.3 is 5.97 Å². The van der Waals surface area contributed by atoms with Crippen LogP contribution in [0.3, 0.4) is 0 Å². The van der Waals surface area contributed by atoms with Gasteiger partial charge in [0.2, 0.25) is 0 Å². The summed E-state index contributed by atoms with van der Waals surface area (Å²) >= 11 is 0. The van der Waals surface area contributed by atoms with Gasteiger partial charge in [0, 0.05) is 11.4 Å². The number of nitriles is 1. The number of fused-ring (bicyclic) bond motifs is 1. The smallest absolute Gasteiger partial charge is 0.305 e. The number of aromatic nitrogens is 1. The lowest BCUT2D eigenvalue weighted by Crippen LogP contribution is -2.23. The molecule has 2 N–H and O–H groups in total.